The molecule has 0 saturated heterocycles. The fraction of sp³-hybridized carbons (Fsp3) is 0.700. The second-order valence-electron chi connectivity index (χ2n) is 7.09. The highest BCUT2D eigenvalue weighted by Crippen LogP contribution is 2.15. The second-order valence-corrected chi connectivity index (χ2v) is 9.07. The molecule has 5 heteroatoms. The third-order valence-electron chi connectivity index (χ3n) is 4.51. The van der Waals surface area contributed by atoms with Gasteiger partial charge in [0, 0.05) is 6.54 Å². The van der Waals surface area contributed by atoms with Crippen molar-refractivity contribution in [3.8, 4) is 0 Å². The Bertz CT molecular complexity index is 558. The topological polar surface area (TPSA) is 55.4 Å². The van der Waals surface area contributed by atoms with Crippen molar-refractivity contribution in [2.45, 2.75) is 77.8 Å². The lowest BCUT2D eigenvalue weighted by Crippen LogP contribution is -2.37. The number of ether oxygens (including phenoxy) is 1. The molecule has 2 unspecified atom stereocenters. The van der Waals surface area contributed by atoms with Crippen LogP contribution in [0.3, 0.4) is 0 Å². The lowest BCUT2D eigenvalue weighted by Gasteiger charge is -2.20. The molecule has 2 atom stereocenters. The van der Waals surface area contributed by atoms with E-state index < -0.39 is 10.0 Å². The van der Waals surface area contributed by atoms with E-state index in [4.69, 9.17) is 4.74 Å². The zero-order valence-corrected chi connectivity index (χ0v) is 17.0. The van der Waals surface area contributed by atoms with E-state index in [1.54, 1.807) is 0 Å². The normalized spacial score (nSPS) is 14.6. The van der Waals surface area contributed by atoms with Gasteiger partial charge < -0.3 is 4.74 Å². The van der Waals surface area contributed by atoms with Gasteiger partial charge in [-0.1, -0.05) is 63.9 Å². The molecule has 0 radical (unpaired) electrons. The first-order valence-electron chi connectivity index (χ1n) is 9.50. The second kappa shape index (κ2) is 11.7. The van der Waals surface area contributed by atoms with E-state index in [9.17, 15) is 8.42 Å². The van der Waals surface area contributed by atoms with Crippen molar-refractivity contribution in [3.63, 3.8) is 0 Å². The quantitative estimate of drug-likeness (QED) is 0.521. The Morgan fingerprint density at radius 1 is 1.04 bits per heavy atom. The summed E-state index contributed by atoms with van der Waals surface area (Å²) in [5.74, 6) is 0.144. The first-order chi connectivity index (χ1) is 11.9. The van der Waals surface area contributed by atoms with Crippen LogP contribution in [0.1, 0.15) is 65.4 Å². The molecule has 1 aromatic rings. The van der Waals surface area contributed by atoms with E-state index in [2.05, 4.69) is 23.8 Å². The lowest BCUT2D eigenvalue weighted by atomic mass is 10.1. The number of hydrogen-bond acceptors (Lipinski definition) is 3. The van der Waals surface area contributed by atoms with Gasteiger partial charge in [0.1, 0.15) is 0 Å². The monoisotopic (exact) mass is 369 g/mol. The molecule has 0 aliphatic heterocycles. The van der Waals surface area contributed by atoms with Gasteiger partial charge in [-0.2, -0.15) is 0 Å². The van der Waals surface area contributed by atoms with Crippen LogP contribution in [0.4, 0.5) is 0 Å². The van der Waals surface area contributed by atoms with Gasteiger partial charge in [0.05, 0.1) is 18.0 Å². The van der Waals surface area contributed by atoms with Crippen molar-refractivity contribution >= 4 is 10.0 Å². The molecule has 0 aromatic heterocycles. The van der Waals surface area contributed by atoms with Gasteiger partial charge in [0.25, 0.3) is 0 Å². The van der Waals surface area contributed by atoms with Crippen LogP contribution in [0.25, 0.3) is 0 Å². The van der Waals surface area contributed by atoms with Gasteiger partial charge >= 0.3 is 0 Å². The summed E-state index contributed by atoms with van der Waals surface area (Å²) in [6, 6.07) is 10.2. The molecule has 25 heavy (non-hydrogen) atoms. The smallest absolute Gasteiger partial charge is 0.214 e. The Kier molecular flexibility index (Phi) is 10.3. The van der Waals surface area contributed by atoms with E-state index in [1.165, 1.54) is 5.56 Å². The molecule has 1 aromatic carbocycles. The van der Waals surface area contributed by atoms with E-state index in [0.717, 1.165) is 25.7 Å². The lowest BCUT2D eigenvalue weighted by molar-refractivity contribution is 0.0459. The standard InChI is InChI=1S/C20H35NO3S/c1-5-20(17(2)3)25(22,23)21-15-11-7-8-12-18(4)24-16-19-13-9-6-10-14-19/h6,9-10,13-14,17-18,20-21H,5,7-8,11-12,15-16H2,1-4H3. The summed E-state index contributed by atoms with van der Waals surface area (Å²) in [4.78, 5) is 0. The Balaban J connectivity index is 2.13. The number of benzene rings is 1. The van der Waals surface area contributed by atoms with Crippen molar-refractivity contribution in [1.82, 2.24) is 4.72 Å². The molecule has 0 aliphatic rings. The maximum absolute atomic E-state index is 12.2. The molecule has 0 fully saturated rings. The fourth-order valence-corrected chi connectivity index (χ4v) is 4.80. The summed E-state index contributed by atoms with van der Waals surface area (Å²) in [5, 5.41) is -0.293. The fourth-order valence-electron chi connectivity index (χ4n) is 3.00. The molecule has 1 N–H and O–H groups in total. The van der Waals surface area contributed by atoms with E-state index >= 15 is 0 Å². The molecule has 0 aliphatic carbocycles. The minimum Gasteiger partial charge on any atom is -0.374 e. The van der Waals surface area contributed by atoms with Gasteiger partial charge in [-0.25, -0.2) is 13.1 Å². The molecule has 4 nitrogen and oxygen atoms in total. The van der Waals surface area contributed by atoms with Crippen LogP contribution in [0, 0.1) is 5.92 Å². The molecular weight excluding hydrogens is 334 g/mol. The predicted molar refractivity (Wildman–Crippen MR) is 105 cm³/mol. The van der Waals surface area contributed by atoms with Gasteiger partial charge in [0.15, 0.2) is 0 Å². The molecule has 0 saturated carbocycles. The third kappa shape index (κ3) is 8.84. The molecule has 144 valence electrons. The van der Waals surface area contributed by atoms with Gasteiger partial charge in [-0.15, -0.1) is 0 Å². The number of hydrogen-bond donors (Lipinski definition) is 1. The summed E-state index contributed by atoms with van der Waals surface area (Å²) >= 11 is 0. The molecule has 0 amide bonds. The summed E-state index contributed by atoms with van der Waals surface area (Å²) in [6.07, 6.45) is 4.83. The number of nitrogens with one attached hydrogen (secondary N) is 1. The maximum Gasteiger partial charge on any atom is 0.214 e. The van der Waals surface area contributed by atoms with E-state index in [-0.39, 0.29) is 17.3 Å². The highest BCUT2D eigenvalue weighted by molar-refractivity contribution is 7.90. The van der Waals surface area contributed by atoms with Crippen molar-refractivity contribution in [2.75, 3.05) is 6.54 Å². The van der Waals surface area contributed by atoms with Crippen molar-refractivity contribution < 1.29 is 13.2 Å². The van der Waals surface area contributed by atoms with Gasteiger partial charge in [-0.3, -0.25) is 0 Å². The van der Waals surface area contributed by atoms with E-state index in [0.29, 0.717) is 19.6 Å². The SMILES string of the molecule is CCC(C(C)C)S(=O)(=O)NCCCCCC(C)OCc1ccccc1. The molecule has 0 bridgehead atoms. The minimum absolute atomic E-state index is 0.144. The number of rotatable bonds is 13. The highest BCUT2D eigenvalue weighted by Gasteiger charge is 2.25. The zero-order valence-electron chi connectivity index (χ0n) is 16.2. The molecular formula is C20H35NO3S. The maximum atomic E-state index is 12.2. The Labute approximate surface area is 154 Å². The highest BCUT2D eigenvalue weighted by atomic mass is 32.2. The first kappa shape index (κ1) is 22.1. The average Bonchev–Trinajstić information content (AvgIpc) is 2.57. The average molecular weight is 370 g/mol. The van der Waals surface area contributed by atoms with E-state index in [1.807, 2.05) is 39.0 Å². The minimum atomic E-state index is -3.19. The van der Waals surface area contributed by atoms with Crippen molar-refractivity contribution in [3.05, 3.63) is 35.9 Å². The van der Waals surface area contributed by atoms with Crippen LogP contribution >= 0.6 is 0 Å². The van der Waals surface area contributed by atoms with Crippen LogP contribution in [-0.4, -0.2) is 26.3 Å². The summed E-state index contributed by atoms with van der Waals surface area (Å²) in [6.45, 7) is 9.13. The van der Waals surface area contributed by atoms with Crippen LogP contribution in [-0.2, 0) is 21.4 Å². The zero-order chi connectivity index (χ0) is 18.7. The van der Waals surface area contributed by atoms with Crippen LogP contribution in [0.5, 0.6) is 0 Å². The van der Waals surface area contributed by atoms with Crippen LogP contribution in [0.15, 0.2) is 30.3 Å². The Morgan fingerprint density at radius 3 is 2.32 bits per heavy atom. The molecule has 1 rings (SSSR count). The Morgan fingerprint density at radius 2 is 1.72 bits per heavy atom. The van der Waals surface area contributed by atoms with Crippen molar-refractivity contribution in [2.24, 2.45) is 5.92 Å². The van der Waals surface area contributed by atoms with Crippen molar-refractivity contribution in [1.29, 1.82) is 0 Å². The largest absolute Gasteiger partial charge is 0.374 e. The Hall–Kier alpha value is -0.910. The van der Waals surface area contributed by atoms with Crippen LogP contribution < -0.4 is 4.72 Å². The van der Waals surface area contributed by atoms with Crippen LogP contribution in [0.2, 0.25) is 0 Å². The number of unbranched alkanes of at least 4 members (excludes halogenated alkanes) is 2. The number of sulfonamides is 1. The summed E-state index contributed by atoms with van der Waals surface area (Å²) < 4.78 is 33.1. The summed E-state index contributed by atoms with van der Waals surface area (Å²) in [5.41, 5.74) is 1.19. The predicted octanol–water partition coefficient (Wildman–Crippen LogP) is 4.51. The first-order valence-corrected chi connectivity index (χ1v) is 11.1. The van der Waals surface area contributed by atoms with Gasteiger partial charge in [0.2, 0.25) is 10.0 Å². The molecule has 0 spiro atoms. The molecule has 0 heterocycles. The summed E-state index contributed by atoms with van der Waals surface area (Å²) in [7, 11) is -3.19. The third-order valence-corrected chi connectivity index (χ3v) is 6.79. The van der Waals surface area contributed by atoms with Gasteiger partial charge in [-0.05, 0) is 37.7 Å².